The molecule has 0 aliphatic rings. The van der Waals surface area contributed by atoms with E-state index in [4.69, 9.17) is 8.92 Å². The van der Waals surface area contributed by atoms with Crippen LogP contribution in [0.25, 0.3) is 0 Å². The lowest BCUT2D eigenvalue weighted by atomic mass is 10.1. The van der Waals surface area contributed by atoms with Crippen LogP contribution in [0, 0.1) is 5.82 Å². The van der Waals surface area contributed by atoms with E-state index in [2.05, 4.69) is 5.32 Å². The van der Waals surface area contributed by atoms with Crippen LogP contribution in [0.1, 0.15) is 43.1 Å². The summed E-state index contributed by atoms with van der Waals surface area (Å²) in [5, 5.41) is 2.57. The molecule has 3 aromatic carbocycles. The van der Waals surface area contributed by atoms with E-state index in [-0.39, 0.29) is 46.4 Å². The summed E-state index contributed by atoms with van der Waals surface area (Å²) in [6, 6.07) is 15.6. The molecule has 10 heteroatoms. The van der Waals surface area contributed by atoms with Gasteiger partial charge in [-0.05, 0) is 73.5 Å². The van der Waals surface area contributed by atoms with Gasteiger partial charge < -0.3 is 19.1 Å². The summed E-state index contributed by atoms with van der Waals surface area (Å²) in [5.41, 5.74) is 1.26. The number of nitrogens with one attached hydrogen (secondary N) is 1. The van der Waals surface area contributed by atoms with Gasteiger partial charge in [0.1, 0.15) is 10.7 Å². The molecule has 2 amide bonds. The number of carbonyl (C=O) groups is 2. The second-order valence-electron chi connectivity index (χ2n) is 8.43. The highest BCUT2D eigenvalue weighted by Crippen LogP contribution is 2.32. The fourth-order valence-corrected chi connectivity index (χ4v) is 4.52. The average molecular weight is 529 g/mol. The molecule has 37 heavy (non-hydrogen) atoms. The molecule has 0 aliphatic heterocycles. The molecule has 0 bridgehead atoms. The molecular formula is C27H29FN2O6S. The first-order valence-electron chi connectivity index (χ1n) is 11.6. The number of amides is 2. The number of methoxy groups -OCH3 is 1. The summed E-state index contributed by atoms with van der Waals surface area (Å²) in [6.07, 6.45) is 0.656. The van der Waals surface area contributed by atoms with Crippen LogP contribution in [0.5, 0.6) is 11.5 Å². The fourth-order valence-electron chi connectivity index (χ4n) is 3.59. The Morgan fingerprint density at radius 2 is 1.73 bits per heavy atom. The third-order valence-corrected chi connectivity index (χ3v) is 6.95. The van der Waals surface area contributed by atoms with E-state index in [0.717, 1.165) is 0 Å². The van der Waals surface area contributed by atoms with Gasteiger partial charge in [0.25, 0.3) is 5.91 Å². The average Bonchev–Trinajstić information content (AvgIpc) is 2.86. The van der Waals surface area contributed by atoms with Crippen molar-refractivity contribution < 1.29 is 31.3 Å². The van der Waals surface area contributed by atoms with Gasteiger partial charge in [-0.3, -0.25) is 9.59 Å². The van der Waals surface area contributed by atoms with Gasteiger partial charge in [0.15, 0.2) is 11.5 Å². The van der Waals surface area contributed by atoms with Gasteiger partial charge in [-0.1, -0.05) is 19.1 Å². The minimum atomic E-state index is -4.24. The normalized spacial score (nSPS) is 11.9. The minimum absolute atomic E-state index is 0.0479. The van der Waals surface area contributed by atoms with Gasteiger partial charge in [-0.15, -0.1) is 0 Å². The molecule has 1 unspecified atom stereocenters. The zero-order valence-corrected chi connectivity index (χ0v) is 21.8. The Kier molecular flexibility index (Phi) is 8.88. The predicted molar refractivity (Wildman–Crippen MR) is 138 cm³/mol. The van der Waals surface area contributed by atoms with Crippen molar-refractivity contribution in [3.8, 4) is 11.5 Å². The van der Waals surface area contributed by atoms with Crippen molar-refractivity contribution in [2.24, 2.45) is 0 Å². The first-order chi connectivity index (χ1) is 17.5. The number of benzene rings is 3. The van der Waals surface area contributed by atoms with Crippen molar-refractivity contribution >= 4 is 27.6 Å². The zero-order chi connectivity index (χ0) is 27.2. The summed E-state index contributed by atoms with van der Waals surface area (Å²) < 4.78 is 50.3. The van der Waals surface area contributed by atoms with E-state index in [1.807, 2.05) is 13.8 Å². The Balaban J connectivity index is 1.89. The molecule has 1 atom stereocenters. The third-order valence-electron chi connectivity index (χ3n) is 5.70. The number of rotatable bonds is 10. The van der Waals surface area contributed by atoms with Gasteiger partial charge in [0, 0.05) is 30.8 Å². The molecule has 0 saturated heterocycles. The molecule has 0 fully saturated rings. The lowest BCUT2D eigenvalue weighted by Gasteiger charge is -2.29. The van der Waals surface area contributed by atoms with Gasteiger partial charge in [0.2, 0.25) is 5.91 Å². The largest absolute Gasteiger partial charge is 0.493 e. The van der Waals surface area contributed by atoms with Gasteiger partial charge in [0.05, 0.1) is 7.11 Å². The van der Waals surface area contributed by atoms with Gasteiger partial charge in [-0.25, -0.2) is 4.39 Å². The molecule has 0 spiro atoms. The lowest BCUT2D eigenvalue weighted by Crippen LogP contribution is -2.37. The van der Waals surface area contributed by atoms with Gasteiger partial charge >= 0.3 is 10.1 Å². The molecule has 0 aliphatic carbocycles. The number of anilines is 1. The van der Waals surface area contributed by atoms with E-state index in [0.29, 0.717) is 17.7 Å². The molecule has 3 aromatic rings. The van der Waals surface area contributed by atoms with Crippen LogP contribution in [0.4, 0.5) is 10.1 Å². The van der Waals surface area contributed by atoms with Crippen LogP contribution in [0.15, 0.2) is 71.6 Å². The summed E-state index contributed by atoms with van der Waals surface area (Å²) in [6.45, 7) is 5.30. The quantitative estimate of drug-likeness (QED) is 0.372. The van der Waals surface area contributed by atoms with Gasteiger partial charge in [-0.2, -0.15) is 8.42 Å². The molecular weight excluding hydrogens is 499 g/mol. The number of hydrogen-bond donors (Lipinski definition) is 1. The van der Waals surface area contributed by atoms with E-state index in [1.165, 1.54) is 62.6 Å². The molecule has 0 heterocycles. The Bertz CT molecular complexity index is 1380. The topological polar surface area (TPSA) is 102 Å². The lowest BCUT2D eigenvalue weighted by molar-refractivity contribution is -0.114. The summed E-state index contributed by atoms with van der Waals surface area (Å²) in [5.74, 6) is -0.998. The first kappa shape index (κ1) is 27.7. The van der Waals surface area contributed by atoms with Crippen molar-refractivity contribution in [3.63, 3.8) is 0 Å². The molecule has 3 rings (SSSR count). The van der Waals surface area contributed by atoms with Crippen molar-refractivity contribution in [2.75, 3.05) is 12.4 Å². The molecule has 196 valence electrons. The van der Waals surface area contributed by atoms with Crippen molar-refractivity contribution in [2.45, 2.75) is 44.7 Å². The first-order valence-corrected chi connectivity index (χ1v) is 13.0. The number of carbonyl (C=O) groups excluding carboxylic acids is 2. The van der Waals surface area contributed by atoms with E-state index >= 15 is 0 Å². The Hall–Kier alpha value is -3.92. The second-order valence-corrected chi connectivity index (χ2v) is 9.98. The van der Waals surface area contributed by atoms with Crippen LogP contribution >= 0.6 is 0 Å². The summed E-state index contributed by atoms with van der Waals surface area (Å²) >= 11 is 0. The molecule has 0 saturated carbocycles. The van der Waals surface area contributed by atoms with E-state index in [9.17, 15) is 22.4 Å². The standard InChI is InChI=1S/C27H29FN2O6S/c1-5-18(2)30(27(32)21-7-6-8-22(28)16-21)17-20-9-14-25(35-4)26(15-20)36-37(33,34)24-12-10-23(11-13-24)29-19(3)31/h6-16,18H,5,17H2,1-4H3,(H,29,31). The summed E-state index contributed by atoms with van der Waals surface area (Å²) in [4.78, 5) is 25.9. The highest BCUT2D eigenvalue weighted by atomic mass is 32.2. The highest BCUT2D eigenvalue weighted by Gasteiger charge is 2.24. The SMILES string of the molecule is CCC(C)N(Cc1ccc(OC)c(OS(=O)(=O)c2ccc(NC(C)=O)cc2)c1)C(=O)c1cccc(F)c1. The number of halogens is 1. The van der Waals surface area contributed by atoms with E-state index < -0.39 is 15.9 Å². The Labute approximate surface area is 216 Å². The third kappa shape index (κ3) is 7.07. The maximum absolute atomic E-state index is 13.7. The van der Waals surface area contributed by atoms with Crippen molar-refractivity contribution in [3.05, 3.63) is 83.7 Å². The Morgan fingerprint density at radius 1 is 1.03 bits per heavy atom. The maximum atomic E-state index is 13.7. The highest BCUT2D eigenvalue weighted by molar-refractivity contribution is 7.87. The van der Waals surface area contributed by atoms with Crippen LogP contribution < -0.4 is 14.2 Å². The second kappa shape index (κ2) is 11.9. The van der Waals surface area contributed by atoms with Crippen LogP contribution in [0.2, 0.25) is 0 Å². The van der Waals surface area contributed by atoms with Crippen LogP contribution in [0.3, 0.4) is 0 Å². The minimum Gasteiger partial charge on any atom is -0.493 e. The summed E-state index contributed by atoms with van der Waals surface area (Å²) in [7, 11) is -2.85. The maximum Gasteiger partial charge on any atom is 0.339 e. The zero-order valence-electron chi connectivity index (χ0n) is 21.0. The van der Waals surface area contributed by atoms with E-state index in [1.54, 1.807) is 23.1 Å². The smallest absolute Gasteiger partial charge is 0.339 e. The predicted octanol–water partition coefficient (Wildman–Crippen LogP) is 5.00. The van der Waals surface area contributed by atoms with Crippen molar-refractivity contribution in [1.29, 1.82) is 0 Å². The number of hydrogen-bond acceptors (Lipinski definition) is 6. The monoisotopic (exact) mass is 528 g/mol. The van der Waals surface area contributed by atoms with Crippen molar-refractivity contribution in [1.82, 2.24) is 4.90 Å². The van der Waals surface area contributed by atoms with Crippen LogP contribution in [-0.4, -0.2) is 38.3 Å². The molecule has 0 radical (unpaired) electrons. The fraction of sp³-hybridized carbons (Fsp3) is 0.259. The molecule has 8 nitrogen and oxygen atoms in total. The molecule has 1 N–H and O–H groups in total. The molecule has 0 aromatic heterocycles. The number of ether oxygens (including phenoxy) is 1. The number of nitrogens with zero attached hydrogens (tertiary/aromatic N) is 1. The van der Waals surface area contributed by atoms with Crippen LogP contribution in [-0.2, 0) is 21.5 Å². The Morgan fingerprint density at radius 3 is 2.32 bits per heavy atom.